The van der Waals surface area contributed by atoms with Gasteiger partial charge >= 0.3 is 0 Å². The third-order valence-electron chi connectivity index (χ3n) is 4.73. The summed E-state index contributed by atoms with van der Waals surface area (Å²) in [6.07, 6.45) is 14.2. The molecule has 0 atom stereocenters. The minimum absolute atomic E-state index is 1.09. The van der Waals surface area contributed by atoms with E-state index >= 15 is 0 Å². The Morgan fingerprint density at radius 2 is 1.25 bits per heavy atom. The van der Waals surface area contributed by atoms with Gasteiger partial charge in [0.25, 0.3) is 0 Å². The van der Waals surface area contributed by atoms with Crippen molar-refractivity contribution in [1.29, 1.82) is 0 Å². The predicted octanol–water partition coefficient (Wildman–Crippen LogP) is 5.36. The molecular formula is C18H36N2. The molecule has 1 aliphatic heterocycles. The number of nitrogens with zero attached hydrogens (tertiary/aromatic N) is 2. The highest BCUT2D eigenvalue weighted by atomic mass is 15.4. The molecule has 0 spiro atoms. The zero-order chi connectivity index (χ0) is 14.8. The summed E-state index contributed by atoms with van der Waals surface area (Å²) in [6, 6.07) is 0. The van der Waals surface area contributed by atoms with Crippen LogP contribution in [0.2, 0.25) is 0 Å². The van der Waals surface area contributed by atoms with Gasteiger partial charge in [-0.05, 0) is 20.3 Å². The second kappa shape index (κ2) is 10.1. The van der Waals surface area contributed by atoms with E-state index in [1.807, 2.05) is 0 Å². The van der Waals surface area contributed by atoms with Crippen molar-refractivity contribution in [2.75, 3.05) is 20.3 Å². The van der Waals surface area contributed by atoms with Crippen LogP contribution in [0.25, 0.3) is 0 Å². The molecule has 118 valence electrons. The van der Waals surface area contributed by atoms with Crippen LogP contribution in [0.3, 0.4) is 0 Å². The Balaban J connectivity index is 1.91. The van der Waals surface area contributed by atoms with Gasteiger partial charge in [0.1, 0.15) is 0 Å². The summed E-state index contributed by atoms with van der Waals surface area (Å²) in [5.41, 5.74) is 2.92. The van der Waals surface area contributed by atoms with Gasteiger partial charge in [-0.2, -0.15) is 0 Å². The van der Waals surface area contributed by atoms with Gasteiger partial charge in [-0.15, -0.1) is 0 Å². The van der Waals surface area contributed by atoms with Crippen molar-refractivity contribution in [3.05, 3.63) is 11.4 Å². The highest BCUT2D eigenvalue weighted by molar-refractivity contribution is 5.12. The van der Waals surface area contributed by atoms with E-state index in [0.29, 0.717) is 0 Å². The van der Waals surface area contributed by atoms with Gasteiger partial charge in [0.15, 0.2) is 0 Å². The lowest BCUT2D eigenvalue weighted by Crippen LogP contribution is -2.25. The van der Waals surface area contributed by atoms with Crippen molar-refractivity contribution in [2.45, 2.75) is 85.0 Å². The third kappa shape index (κ3) is 6.19. The van der Waals surface area contributed by atoms with E-state index < -0.39 is 0 Å². The summed E-state index contributed by atoms with van der Waals surface area (Å²) in [6.45, 7) is 9.11. The van der Waals surface area contributed by atoms with Crippen molar-refractivity contribution in [2.24, 2.45) is 0 Å². The van der Waals surface area contributed by atoms with E-state index in [1.54, 1.807) is 0 Å². The molecule has 0 bridgehead atoms. The third-order valence-corrected chi connectivity index (χ3v) is 4.73. The lowest BCUT2D eigenvalue weighted by Gasteiger charge is -2.20. The molecule has 0 saturated carbocycles. The van der Waals surface area contributed by atoms with Crippen LogP contribution < -0.4 is 0 Å². The van der Waals surface area contributed by atoms with Crippen LogP contribution in [-0.2, 0) is 0 Å². The van der Waals surface area contributed by atoms with E-state index in [-0.39, 0.29) is 0 Å². The molecule has 0 saturated heterocycles. The molecule has 0 N–H and O–H groups in total. The Morgan fingerprint density at radius 3 is 1.70 bits per heavy atom. The smallest absolute Gasteiger partial charge is 0.0895 e. The molecule has 0 aromatic rings. The number of allylic oxidation sites excluding steroid dienone is 2. The standard InChI is InChI=1S/C18H36N2/c1-5-6-7-8-9-10-11-12-13-14-15-20-16-19(4)17(2)18(20)3/h5-16H2,1-4H3. The second-order valence-corrected chi connectivity index (χ2v) is 6.46. The van der Waals surface area contributed by atoms with E-state index in [0.717, 1.165) is 6.67 Å². The Kier molecular flexibility index (Phi) is 8.80. The number of unbranched alkanes of at least 4 members (excludes halogenated alkanes) is 9. The molecule has 0 amide bonds. The van der Waals surface area contributed by atoms with Crippen LogP contribution >= 0.6 is 0 Å². The maximum atomic E-state index is 2.53. The summed E-state index contributed by atoms with van der Waals surface area (Å²) in [4.78, 5) is 4.88. The van der Waals surface area contributed by atoms with Crippen molar-refractivity contribution in [1.82, 2.24) is 9.80 Å². The van der Waals surface area contributed by atoms with Crippen LogP contribution in [0.15, 0.2) is 11.4 Å². The Morgan fingerprint density at radius 1 is 0.750 bits per heavy atom. The lowest BCUT2D eigenvalue weighted by atomic mass is 10.1. The highest BCUT2D eigenvalue weighted by Crippen LogP contribution is 2.21. The van der Waals surface area contributed by atoms with E-state index in [2.05, 4.69) is 37.6 Å². The highest BCUT2D eigenvalue weighted by Gasteiger charge is 2.19. The SMILES string of the molecule is CCCCCCCCCCCCN1CN(C)C(C)=C1C. The molecule has 0 aliphatic carbocycles. The van der Waals surface area contributed by atoms with Crippen molar-refractivity contribution >= 4 is 0 Å². The lowest BCUT2D eigenvalue weighted by molar-refractivity contribution is 0.272. The molecule has 2 heteroatoms. The first kappa shape index (κ1) is 17.4. The van der Waals surface area contributed by atoms with Crippen LogP contribution in [0, 0.1) is 0 Å². The molecule has 0 fully saturated rings. The molecule has 0 aromatic heterocycles. The first-order valence-corrected chi connectivity index (χ1v) is 8.80. The molecule has 20 heavy (non-hydrogen) atoms. The molecule has 0 unspecified atom stereocenters. The van der Waals surface area contributed by atoms with Crippen LogP contribution in [0.1, 0.15) is 85.0 Å². The summed E-state index contributed by atoms with van der Waals surface area (Å²) < 4.78 is 0. The maximum Gasteiger partial charge on any atom is 0.0895 e. The van der Waals surface area contributed by atoms with Gasteiger partial charge in [-0.25, -0.2) is 0 Å². The minimum Gasteiger partial charge on any atom is -0.359 e. The summed E-state index contributed by atoms with van der Waals surface area (Å²) in [5, 5.41) is 0. The van der Waals surface area contributed by atoms with E-state index in [1.165, 1.54) is 82.1 Å². The molecule has 1 aliphatic rings. The summed E-state index contributed by atoms with van der Waals surface area (Å²) in [7, 11) is 2.19. The number of hydrogen-bond acceptors (Lipinski definition) is 2. The van der Waals surface area contributed by atoms with Crippen molar-refractivity contribution < 1.29 is 0 Å². The van der Waals surface area contributed by atoms with E-state index in [4.69, 9.17) is 0 Å². The van der Waals surface area contributed by atoms with Crippen molar-refractivity contribution in [3.8, 4) is 0 Å². The quantitative estimate of drug-likeness (QED) is 0.470. The average molecular weight is 280 g/mol. The Labute approximate surface area is 127 Å². The van der Waals surface area contributed by atoms with Gasteiger partial charge < -0.3 is 9.80 Å². The largest absolute Gasteiger partial charge is 0.359 e. The number of hydrogen-bond donors (Lipinski definition) is 0. The molecule has 2 nitrogen and oxygen atoms in total. The average Bonchev–Trinajstić information content (AvgIpc) is 2.68. The second-order valence-electron chi connectivity index (χ2n) is 6.46. The van der Waals surface area contributed by atoms with Crippen LogP contribution in [-0.4, -0.2) is 30.1 Å². The Hall–Kier alpha value is -0.660. The zero-order valence-corrected chi connectivity index (χ0v) is 14.4. The summed E-state index contributed by atoms with van der Waals surface area (Å²) in [5.74, 6) is 0. The molecule has 0 radical (unpaired) electrons. The maximum absolute atomic E-state index is 2.53. The van der Waals surface area contributed by atoms with Gasteiger partial charge in [-0.1, -0.05) is 64.7 Å². The first-order valence-electron chi connectivity index (χ1n) is 8.80. The molecule has 1 heterocycles. The summed E-state index contributed by atoms with van der Waals surface area (Å²) >= 11 is 0. The number of rotatable bonds is 11. The van der Waals surface area contributed by atoms with Gasteiger partial charge in [-0.3, -0.25) is 0 Å². The minimum atomic E-state index is 1.09. The van der Waals surface area contributed by atoms with E-state index in [9.17, 15) is 0 Å². The van der Waals surface area contributed by atoms with Crippen LogP contribution in [0.5, 0.6) is 0 Å². The fourth-order valence-corrected chi connectivity index (χ4v) is 3.00. The van der Waals surface area contributed by atoms with Gasteiger partial charge in [0, 0.05) is 25.0 Å². The monoisotopic (exact) mass is 280 g/mol. The molecule has 1 rings (SSSR count). The van der Waals surface area contributed by atoms with Gasteiger partial charge in [0.05, 0.1) is 6.67 Å². The topological polar surface area (TPSA) is 6.48 Å². The molecule has 0 aromatic carbocycles. The molecular weight excluding hydrogens is 244 g/mol. The Bertz CT molecular complexity index is 283. The zero-order valence-electron chi connectivity index (χ0n) is 14.4. The van der Waals surface area contributed by atoms with Crippen LogP contribution in [0.4, 0.5) is 0 Å². The first-order chi connectivity index (χ1) is 9.66. The van der Waals surface area contributed by atoms with Crippen molar-refractivity contribution in [3.63, 3.8) is 0 Å². The van der Waals surface area contributed by atoms with Gasteiger partial charge in [0.2, 0.25) is 0 Å². The predicted molar refractivity (Wildman–Crippen MR) is 89.6 cm³/mol. The fraction of sp³-hybridized carbons (Fsp3) is 0.889. The fourth-order valence-electron chi connectivity index (χ4n) is 3.00. The normalized spacial score (nSPS) is 15.6.